The van der Waals surface area contributed by atoms with Crippen LogP contribution < -0.4 is 5.32 Å². The molecule has 3 nitrogen and oxygen atoms in total. The zero-order valence-electron chi connectivity index (χ0n) is 13.4. The Hall–Kier alpha value is -0.120. The van der Waals surface area contributed by atoms with Crippen molar-refractivity contribution in [1.29, 1.82) is 0 Å². The highest BCUT2D eigenvalue weighted by Crippen LogP contribution is 2.44. The smallest absolute Gasteiger partial charge is 0.0697 e. The zero-order chi connectivity index (χ0) is 14.2. The molecule has 3 aliphatic rings. The van der Waals surface area contributed by atoms with Crippen LogP contribution in [0, 0.1) is 5.41 Å². The molecule has 3 unspecified atom stereocenters. The molecule has 0 aromatic rings. The van der Waals surface area contributed by atoms with E-state index in [4.69, 9.17) is 9.47 Å². The van der Waals surface area contributed by atoms with Crippen LogP contribution in [0.15, 0.2) is 0 Å². The third kappa shape index (κ3) is 2.65. The van der Waals surface area contributed by atoms with Gasteiger partial charge in [-0.25, -0.2) is 0 Å². The first-order chi connectivity index (χ1) is 9.56. The molecule has 0 amide bonds. The van der Waals surface area contributed by atoms with E-state index in [2.05, 4.69) is 19.2 Å². The van der Waals surface area contributed by atoms with Crippen LogP contribution in [0.25, 0.3) is 0 Å². The third-order valence-electron chi connectivity index (χ3n) is 6.16. The molecule has 0 radical (unpaired) electrons. The molecule has 0 aromatic carbocycles. The Morgan fingerprint density at radius 1 is 1.15 bits per heavy atom. The molecular formula is C17H31NO2. The molecule has 1 heterocycles. The minimum Gasteiger partial charge on any atom is -0.381 e. The van der Waals surface area contributed by atoms with Crippen LogP contribution in [0.4, 0.5) is 0 Å². The van der Waals surface area contributed by atoms with Gasteiger partial charge in [0.2, 0.25) is 0 Å². The van der Waals surface area contributed by atoms with E-state index in [0.29, 0.717) is 18.2 Å². The Bertz CT molecular complexity index is 330. The SMILES string of the molecule is COC1CC(NC2CCOC3(CCCCC3)C2)C1(C)C. The molecule has 3 rings (SSSR count). The predicted octanol–water partition coefficient (Wildman–Crippen LogP) is 3.27. The summed E-state index contributed by atoms with van der Waals surface area (Å²) < 4.78 is 11.8. The molecule has 3 atom stereocenters. The van der Waals surface area contributed by atoms with Crippen molar-refractivity contribution in [3.63, 3.8) is 0 Å². The second-order valence-corrected chi connectivity index (χ2v) is 7.78. The molecule has 3 heteroatoms. The normalized spacial score (nSPS) is 39.5. The number of nitrogens with one attached hydrogen (secondary N) is 1. The van der Waals surface area contributed by atoms with Gasteiger partial charge in [-0.2, -0.15) is 0 Å². The van der Waals surface area contributed by atoms with Crippen molar-refractivity contribution in [1.82, 2.24) is 5.32 Å². The van der Waals surface area contributed by atoms with Crippen molar-refractivity contribution in [2.24, 2.45) is 5.41 Å². The van der Waals surface area contributed by atoms with Crippen LogP contribution in [0.5, 0.6) is 0 Å². The number of ether oxygens (including phenoxy) is 2. The molecule has 0 bridgehead atoms. The maximum atomic E-state index is 6.20. The lowest BCUT2D eigenvalue weighted by atomic mass is 9.64. The molecule has 1 aliphatic heterocycles. The molecule has 2 aliphatic carbocycles. The first-order valence-corrected chi connectivity index (χ1v) is 8.49. The largest absolute Gasteiger partial charge is 0.381 e. The molecule has 1 spiro atoms. The van der Waals surface area contributed by atoms with Gasteiger partial charge in [0.15, 0.2) is 0 Å². The van der Waals surface area contributed by atoms with Gasteiger partial charge in [0.05, 0.1) is 11.7 Å². The fourth-order valence-corrected chi connectivity index (χ4v) is 4.57. The van der Waals surface area contributed by atoms with Gasteiger partial charge < -0.3 is 14.8 Å². The number of hydrogen-bond donors (Lipinski definition) is 1. The van der Waals surface area contributed by atoms with Gasteiger partial charge in [-0.1, -0.05) is 33.1 Å². The fraction of sp³-hybridized carbons (Fsp3) is 1.00. The highest BCUT2D eigenvalue weighted by atomic mass is 16.5. The minimum absolute atomic E-state index is 0.211. The average molecular weight is 281 g/mol. The van der Waals surface area contributed by atoms with E-state index in [0.717, 1.165) is 13.0 Å². The van der Waals surface area contributed by atoms with E-state index in [1.54, 1.807) is 0 Å². The van der Waals surface area contributed by atoms with Gasteiger partial charge in [0, 0.05) is 31.2 Å². The number of methoxy groups -OCH3 is 1. The topological polar surface area (TPSA) is 30.5 Å². The minimum atomic E-state index is 0.211. The van der Waals surface area contributed by atoms with Gasteiger partial charge in [-0.3, -0.25) is 0 Å². The third-order valence-corrected chi connectivity index (χ3v) is 6.16. The van der Waals surface area contributed by atoms with E-state index in [-0.39, 0.29) is 11.0 Å². The van der Waals surface area contributed by atoms with Crippen molar-refractivity contribution >= 4 is 0 Å². The van der Waals surface area contributed by atoms with Gasteiger partial charge in [0.1, 0.15) is 0 Å². The quantitative estimate of drug-likeness (QED) is 0.861. The summed E-state index contributed by atoms with van der Waals surface area (Å²) in [5.41, 5.74) is 0.482. The van der Waals surface area contributed by atoms with E-state index >= 15 is 0 Å². The second kappa shape index (κ2) is 5.58. The fourth-order valence-electron chi connectivity index (χ4n) is 4.57. The van der Waals surface area contributed by atoms with E-state index in [1.165, 1.54) is 44.9 Å². The zero-order valence-corrected chi connectivity index (χ0v) is 13.4. The van der Waals surface area contributed by atoms with Gasteiger partial charge in [0.25, 0.3) is 0 Å². The summed E-state index contributed by atoms with van der Waals surface area (Å²) >= 11 is 0. The average Bonchev–Trinajstić information content (AvgIpc) is 2.44. The highest BCUT2D eigenvalue weighted by Gasteiger charge is 2.50. The molecule has 3 fully saturated rings. The maximum absolute atomic E-state index is 6.20. The molecule has 1 saturated heterocycles. The maximum Gasteiger partial charge on any atom is 0.0697 e. The Balaban J connectivity index is 1.56. The van der Waals surface area contributed by atoms with Crippen LogP contribution in [0.3, 0.4) is 0 Å². The predicted molar refractivity (Wildman–Crippen MR) is 80.9 cm³/mol. The summed E-state index contributed by atoms with van der Waals surface area (Å²) in [6.45, 7) is 5.61. The lowest BCUT2D eigenvalue weighted by Gasteiger charge is -2.54. The van der Waals surface area contributed by atoms with Gasteiger partial charge >= 0.3 is 0 Å². The van der Waals surface area contributed by atoms with Gasteiger partial charge in [-0.05, 0) is 32.1 Å². The summed E-state index contributed by atoms with van der Waals surface area (Å²) in [6, 6.07) is 1.25. The van der Waals surface area contributed by atoms with Crippen LogP contribution in [0.1, 0.15) is 65.2 Å². The monoisotopic (exact) mass is 281 g/mol. The highest BCUT2D eigenvalue weighted by molar-refractivity contribution is 5.04. The van der Waals surface area contributed by atoms with Crippen LogP contribution in [-0.4, -0.2) is 37.5 Å². The van der Waals surface area contributed by atoms with Crippen molar-refractivity contribution in [2.45, 2.75) is 89.0 Å². The molecule has 2 saturated carbocycles. The van der Waals surface area contributed by atoms with Crippen molar-refractivity contribution < 1.29 is 9.47 Å². The van der Waals surface area contributed by atoms with Crippen molar-refractivity contribution in [3.8, 4) is 0 Å². The number of hydrogen-bond acceptors (Lipinski definition) is 3. The second-order valence-electron chi connectivity index (χ2n) is 7.78. The van der Waals surface area contributed by atoms with E-state index < -0.39 is 0 Å². The molecule has 116 valence electrons. The molecule has 20 heavy (non-hydrogen) atoms. The first-order valence-electron chi connectivity index (χ1n) is 8.49. The Labute approximate surface area is 123 Å². The Kier molecular flexibility index (Phi) is 4.13. The van der Waals surface area contributed by atoms with Crippen molar-refractivity contribution in [2.75, 3.05) is 13.7 Å². The summed E-state index contributed by atoms with van der Waals surface area (Å²) in [5.74, 6) is 0. The standard InChI is InChI=1S/C17H31NO2/c1-16(2)14(11-15(16)19-3)18-13-7-10-20-17(12-13)8-5-4-6-9-17/h13-15,18H,4-12H2,1-3H3. The Morgan fingerprint density at radius 2 is 1.90 bits per heavy atom. The Morgan fingerprint density at radius 3 is 2.55 bits per heavy atom. The molecular weight excluding hydrogens is 250 g/mol. The van der Waals surface area contributed by atoms with E-state index in [1.807, 2.05) is 7.11 Å². The van der Waals surface area contributed by atoms with Gasteiger partial charge in [-0.15, -0.1) is 0 Å². The molecule has 0 aromatic heterocycles. The lowest BCUT2D eigenvalue weighted by molar-refractivity contribution is -0.128. The summed E-state index contributed by atoms with van der Waals surface area (Å²) in [6.07, 6.45) is 10.6. The van der Waals surface area contributed by atoms with Crippen molar-refractivity contribution in [3.05, 3.63) is 0 Å². The summed E-state index contributed by atoms with van der Waals surface area (Å²) in [5, 5.41) is 3.92. The van der Waals surface area contributed by atoms with Crippen LogP contribution in [0.2, 0.25) is 0 Å². The van der Waals surface area contributed by atoms with Crippen LogP contribution in [-0.2, 0) is 9.47 Å². The van der Waals surface area contributed by atoms with Crippen LogP contribution >= 0.6 is 0 Å². The molecule has 1 N–H and O–H groups in total. The first kappa shape index (κ1) is 14.8. The van der Waals surface area contributed by atoms with E-state index in [9.17, 15) is 0 Å². The lowest BCUT2D eigenvalue weighted by Crippen LogP contribution is -2.64. The number of rotatable bonds is 3. The summed E-state index contributed by atoms with van der Waals surface area (Å²) in [4.78, 5) is 0. The summed E-state index contributed by atoms with van der Waals surface area (Å²) in [7, 11) is 1.84.